The van der Waals surface area contributed by atoms with Crippen LogP contribution in [0.25, 0.3) is 5.52 Å². The third-order valence-corrected chi connectivity index (χ3v) is 2.35. The largest absolute Gasteiger partial charge is 0.390 e. The van der Waals surface area contributed by atoms with Crippen LogP contribution in [0.1, 0.15) is 5.69 Å². The van der Waals surface area contributed by atoms with Gasteiger partial charge in [-0.2, -0.15) is 0 Å². The predicted molar refractivity (Wildman–Crippen MR) is 48.8 cm³/mol. The van der Waals surface area contributed by atoms with E-state index in [0.717, 1.165) is 10.1 Å². The Hall–Kier alpha value is -0.870. The molecule has 0 amide bonds. The van der Waals surface area contributed by atoms with Gasteiger partial charge in [0, 0.05) is 6.20 Å². The Labute approximate surface area is 77.8 Å². The van der Waals surface area contributed by atoms with Gasteiger partial charge in [-0.3, -0.25) is 4.98 Å². The number of aliphatic hydroxyl groups is 1. The second-order valence-corrected chi connectivity index (χ2v) is 3.30. The van der Waals surface area contributed by atoms with E-state index in [1.807, 2.05) is 16.5 Å². The van der Waals surface area contributed by atoms with Crippen LogP contribution < -0.4 is 0 Å². The van der Waals surface area contributed by atoms with Gasteiger partial charge < -0.3 is 9.51 Å². The van der Waals surface area contributed by atoms with E-state index >= 15 is 0 Å². The fourth-order valence-corrected chi connectivity index (χ4v) is 1.53. The van der Waals surface area contributed by atoms with Crippen molar-refractivity contribution in [2.24, 2.45) is 0 Å². The highest BCUT2D eigenvalue weighted by molar-refractivity contribution is 9.10. The highest BCUT2D eigenvalue weighted by Crippen LogP contribution is 2.15. The van der Waals surface area contributed by atoms with E-state index in [9.17, 15) is 0 Å². The lowest BCUT2D eigenvalue weighted by molar-refractivity contribution is 0.276. The lowest BCUT2D eigenvalue weighted by Gasteiger charge is -1.98. The minimum atomic E-state index is -0.0272. The Morgan fingerprint density at radius 1 is 1.50 bits per heavy atom. The van der Waals surface area contributed by atoms with Crippen molar-refractivity contribution in [2.75, 3.05) is 0 Å². The van der Waals surface area contributed by atoms with Gasteiger partial charge in [-0.25, -0.2) is 0 Å². The zero-order valence-electron chi connectivity index (χ0n) is 6.24. The van der Waals surface area contributed by atoms with Crippen molar-refractivity contribution < 1.29 is 5.11 Å². The maximum atomic E-state index is 8.83. The summed E-state index contributed by atoms with van der Waals surface area (Å²) in [7, 11) is 0. The number of aromatic nitrogens is 2. The zero-order chi connectivity index (χ0) is 8.55. The Kier molecular flexibility index (Phi) is 1.86. The summed E-state index contributed by atoms with van der Waals surface area (Å²) in [5.74, 6) is 0. The second-order valence-electron chi connectivity index (χ2n) is 2.49. The second kappa shape index (κ2) is 2.88. The molecular formula is C8H7BrN2O. The van der Waals surface area contributed by atoms with Gasteiger partial charge in [-0.05, 0) is 28.1 Å². The first-order valence-corrected chi connectivity index (χ1v) is 4.33. The summed E-state index contributed by atoms with van der Waals surface area (Å²) < 4.78 is 2.90. The highest BCUT2D eigenvalue weighted by atomic mass is 79.9. The molecular weight excluding hydrogens is 220 g/mol. The average Bonchev–Trinajstić information content (AvgIpc) is 2.47. The molecule has 2 rings (SSSR count). The molecule has 0 spiro atoms. The third-order valence-electron chi connectivity index (χ3n) is 1.70. The number of hydrogen-bond donors (Lipinski definition) is 1. The SMILES string of the molecule is OCc1cn2c(Br)ccc2cn1. The Morgan fingerprint density at radius 2 is 2.33 bits per heavy atom. The molecule has 4 heteroatoms. The molecule has 0 atom stereocenters. The minimum absolute atomic E-state index is 0.0272. The van der Waals surface area contributed by atoms with Crippen molar-refractivity contribution in [3.63, 3.8) is 0 Å². The van der Waals surface area contributed by atoms with Crippen molar-refractivity contribution in [2.45, 2.75) is 6.61 Å². The summed E-state index contributed by atoms with van der Waals surface area (Å²) in [5, 5.41) is 8.83. The fourth-order valence-electron chi connectivity index (χ4n) is 1.09. The Balaban J connectivity index is 2.71. The summed E-state index contributed by atoms with van der Waals surface area (Å²) in [5.41, 5.74) is 1.68. The molecule has 0 aromatic carbocycles. The predicted octanol–water partition coefficient (Wildman–Crippen LogP) is 1.59. The van der Waals surface area contributed by atoms with Gasteiger partial charge in [-0.1, -0.05) is 0 Å². The molecule has 0 saturated carbocycles. The molecule has 2 aromatic heterocycles. The van der Waals surface area contributed by atoms with Crippen molar-refractivity contribution in [1.29, 1.82) is 0 Å². The molecule has 0 aliphatic rings. The lowest BCUT2D eigenvalue weighted by atomic mass is 10.4. The third kappa shape index (κ3) is 1.13. The number of aliphatic hydroxyl groups excluding tert-OH is 1. The van der Waals surface area contributed by atoms with Crippen LogP contribution in [0.3, 0.4) is 0 Å². The fraction of sp³-hybridized carbons (Fsp3) is 0.125. The van der Waals surface area contributed by atoms with Gasteiger partial charge >= 0.3 is 0 Å². The van der Waals surface area contributed by atoms with Crippen molar-refractivity contribution in [3.8, 4) is 0 Å². The van der Waals surface area contributed by atoms with E-state index in [0.29, 0.717) is 5.69 Å². The number of fused-ring (bicyclic) bond motifs is 1. The van der Waals surface area contributed by atoms with Crippen LogP contribution in [0.2, 0.25) is 0 Å². The smallest absolute Gasteiger partial charge is 0.0893 e. The van der Waals surface area contributed by atoms with Crippen molar-refractivity contribution in [3.05, 3.63) is 34.8 Å². The van der Waals surface area contributed by atoms with Gasteiger partial charge in [0.15, 0.2) is 0 Å². The first kappa shape index (κ1) is 7.76. The number of nitrogens with zero attached hydrogens (tertiary/aromatic N) is 2. The van der Waals surface area contributed by atoms with Crippen LogP contribution in [0.5, 0.6) is 0 Å². The van der Waals surface area contributed by atoms with E-state index in [4.69, 9.17) is 5.11 Å². The normalized spacial score (nSPS) is 10.8. The molecule has 0 aliphatic heterocycles. The van der Waals surface area contributed by atoms with Crippen LogP contribution >= 0.6 is 15.9 Å². The summed E-state index contributed by atoms with van der Waals surface area (Å²) >= 11 is 3.38. The zero-order valence-corrected chi connectivity index (χ0v) is 7.82. The van der Waals surface area contributed by atoms with Gasteiger partial charge in [0.05, 0.1) is 28.6 Å². The molecule has 0 saturated heterocycles. The number of halogens is 1. The van der Waals surface area contributed by atoms with Crippen LogP contribution in [-0.2, 0) is 6.61 Å². The molecule has 0 bridgehead atoms. The molecule has 62 valence electrons. The van der Waals surface area contributed by atoms with Crippen LogP contribution in [0.15, 0.2) is 29.1 Å². The maximum Gasteiger partial charge on any atom is 0.0893 e. The molecule has 2 aromatic rings. The van der Waals surface area contributed by atoms with Gasteiger partial charge in [0.1, 0.15) is 0 Å². The topological polar surface area (TPSA) is 37.5 Å². The van der Waals surface area contributed by atoms with Crippen molar-refractivity contribution in [1.82, 2.24) is 9.38 Å². The van der Waals surface area contributed by atoms with E-state index in [1.165, 1.54) is 0 Å². The van der Waals surface area contributed by atoms with Gasteiger partial charge in [0.2, 0.25) is 0 Å². The molecule has 2 heterocycles. The monoisotopic (exact) mass is 226 g/mol. The van der Waals surface area contributed by atoms with E-state index in [2.05, 4.69) is 20.9 Å². The molecule has 12 heavy (non-hydrogen) atoms. The Bertz CT molecular complexity index is 410. The lowest BCUT2D eigenvalue weighted by Crippen LogP contribution is -1.93. The van der Waals surface area contributed by atoms with E-state index in [-0.39, 0.29) is 6.61 Å². The van der Waals surface area contributed by atoms with Crippen LogP contribution in [0.4, 0.5) is 0 Å². The average molecular weight is 227 g/mol. The summed E-state index contributed by atoms with van der Waals surface area (Å²) in [6.45, 7) is -0.0272. The maximum absolute atomic E-state index is 8.83. The van der Waals surface area contributed by atoms with E-state index in [1.54, 1.807) is 12.4 Å². The molecule has 3 nitrogen and oxygen atoms in total. The van der Waals surface area contributed by atoms with Gasteiger partial charge in [-0.15, -0.1) is 0 Å². The molecule has 0 unspecified atom stereocenters. The minimum Gasteiger partial charge on any atom is -0.390 e. The Morgan fingerprint density at radius 3 is 3.08 bits per heavy atom. The molecule has 1 N–H and O–H groups in total. The van der Waals surface area contributed by atoms with Crippen molar-refractivity contribution >= 4 is 21.4 Å². The summed E-state index contributed by atoms with van der Waals surface area (Å²) in [4.78, 5) is 4.05. The molecule has 0 radical (unpaired) electrons. The molecule has 0 aliphatic carbocycles. The highest BCUT2D eigenvalue weighted by Gasteiger charge is 1.99. The van der Waals surface area contributed by atoms with Crippen LogP contribution in [-0.4, -0.2) is 14.5 Å². The quantitative estimate of drug-likeness (QED) is 0.803. The van der Waals surface area contributed by atoms with Gasteiger partial charge in [0.25, 0.3) is 0 Å². The number of hydrogen-bond acceptors (Lipinski definition) is 2. The molecule has 0 fully saturated rings. The number of rotatable bonds is 1. The van der Waals surface area contributed by atoms with Crippen LogP contribution in [0, 0.1) is 0 Å². The summed E-state index contributed by atoms with van der Waals surface area (Å²) in [6, 6.07) is 3.90. The summed E-state index contributed by atoms with van der Waals surface area (Å²) in [6.07, 6.45) is 3.54. The first-order valence-electron chi connectivity index (χ1n) is 3.53. The first-order chi connectivity index (χ1) is 5.81. The standard InChI is InChI=1S/C8H7BrN2O/c9-8-2-1-7-3-10-6(5-12)4-11(7)8/h1-4,12H,5H2. The van der Waals surface area contributed by atoms with E-state index < -0.39 is 0 Å².